The van der Waals surface area contributed by atoms with Crippen molar-refractivity contribution in [3.63, 3.8) is 0 Å². The van der Waals surface area contributed by atoms with E-state index >= 15 is 0 Å². The van der Waals surface area contributed by atoms with Gasteiger partial charge in [-0.25, -0.2) is 14.8 Å². The summed E-state index contributed by atoms with van der Waals surface area (Å²) in [7, 11) is 0. The molecule has 2 aromatic rings. The zero-order valence-electron chi connectivity index (χ0n) is 20.1. The van der Waals surface area contributed by atoms with E-state index in [-0.39, 0.29) is 18.1 Å². The number of likely N-dealkylation sites (tertiary alicyclic amines) is 1. The molecule has 11 heteroatoms. The fourth-order valence-electron chi connectivity index (χ4n) is 4.41. The van der Waals surface area contributed by atoms with E-state index < -0.39 is 17.5 Å². The molecule has 2 aliphatic rings. The van der Waals surface area contributed by atoms with Gasteiger partial charge in [-0.1, -0.05) is 26.0 Å². The van der Waals surface area contributed by atoms with E-state index in [0.29, 0.717) is 61.6 Å². The maximum atomic E-state index is 11.6. The highest BCUT2D eigenvalue weighted by atomic mass is 32.2. The normalized spacial score (nSPS) is 24.9. The molecule has 1 N–H and O–H groups in total. The second kappa shape index (κ2) is 11.3. The van der Waals surface area contributed by atoms with Crippen molar-refractivity contribution in [3.05, 3.63) is 41.7 Å². The highest BCUT2D eigenvalue weighted by Gasteiger charge is 2.33. The molecule has 0 spiro atoms. The second-order valence-corrected chi connectivity index (χ2v) is 10.2. The average molecular weight is 506 g/mol. The van der Waals surface area contributed by atoms with E-state index in [2.05, 4.69) is 23.8 Å². The van der Waals surface area contributed by atoms with E-state index in [1.807, 2.05) is 31.2 Å². The quantitative estimate of drug-likeness (QED) is 0.589. The number of nitrogens with zero attached hydrogens (tertiary/aromatic N) is 3. The first-order chi connectivity index (χ1) is 16.8. The van der Waals surface area contributed by atoms with Gasteiger partial charge in [0.1, 0.15) is 18.2 Å². The van der Waals surface area contributed by atoms with Gasteiger partial charge in [0.25, 0.3) is 0 Å². The monoisotopic (exact) mass is 505 g/mol. The molecule has 0 unspecified atom stereocenters. The molecule has 1 aromatic carbocycles. The lowest BCUT2D eigenvalue weighted by atomic mass is 9.92. The molecule has 10 nitrogen and oxygen atoms in total. The van der Waals surface area contributed by atoms with Gasteiger partial charge in [-0.15, -0.1) is 0 Å². The number of benzene rings is 1. The molecule has 2 saturated heterocycles. The molecule has 0 saturated carbocycles. The summed E-state index contributed by atoms with van der Waals surface area (Å²) in [6.07, 6.45) is 2.39. The molecule has 1 aromatic heterocycles. The van der Waals surface area contributed by atoms with Crippen LogP contribution in [-0.4, -0.2) is 62.2 Å². The van der Waals surface area contributed by atoms with E-state index in [0.717, 1.165) is 12.0 Å². The Morgan fingerprint density at radius 2 is 1.89 bits per heavy atom. The van der Waals surface area contributed by atoms with Crippen molar-refractivity contribution < 1.29 is 31.9 Å². The summed E-state index contributed by atoms with van der Waals surface area (Å²) in [6, 6.07) is 7.42. The Hall–Kier alpha value is -2.76. The van der Waals surface area contributed by atoms with E-state index in [1.54, 1.807) is 0 Å². The van der Waals surface area contributed by atoms with Gasteiger partial charge in [-0.2, -0.15) is 4.21 Å². The minimum absolute atomic E-state index is 0.00889. The number of piperidine rings is 1. The number of carboxylic acid groups (broad SMARTS) is 1. The average Bonchev–Trinajstić information content (AvgIpc) is 2.82. The Balaban J connectivity index is 1.40. The van der Waals surface area contributed by atoms with Gasteiger partial charge in [-0.05, 0) is 37.0 Å². The fourth-order valence-corrected chi connectivity index (χ4v) is 5.03. The molecule has 0 aliphatic carbocycles. The van der Waals surface area contributed by atoms with Gasteiger partial charge in [0.05, 0.1) is 18.8 Å². The molecule has 0 bridgehead atoms. The number of amides is 1. The van der Waals surface area contributed by atoms with Crippen LogP contribution in [-0.2, 0) is 19.7 Å². The van der Waals surface area contributed by atoms with Crippen LogP contribution in [0.1, 0.15) is 50.2 Å². The predicted octanol–water partition coefficient (Wildman–Crippen LogP) is 4.22. The lowest BCUT2D eigenvalue weighted by Gasteiger charge is -2.38. The van der Waals surface area contributed by atoms with Gasteiger partial charge in [0.15, 0.2) is 0 Å². The van der Waals surface area contributed by atoms with Gasteiger partial charge in [0, 0.05) is 31.3 Å². The number of aromatic nitrogens is 2. The number of hydrogen-bond donors (Lipinski definition) is 1. The molecule has 2 fully saturated rings. The van der Waals surface area contributed by atoms with Crippen molar-refractivity contribution >= 4 is 17.5 Å². The Kier molecular flexibility index (Phi) is 8.19. The molecular formula is C24H31N3O7S. The Labute approximate surface area is 207 Å². The Morgan fingerprint density at radius 1 is 1.20 bits per heavy atom. The maximum absolute atomic E-state index is 11.6. The molecule has 35 heavy (non-hydrogen) atoms. The summed E-state index contributed by atoms with van der Waals surface area (Å²) < 4.78 is 33.5. The summed E-state index contributed by atoms with van der Waals surface area (Å²) in [5, 5.41) is 9.54. The predicted molar refractivity (Wildman–Crippen MR) is 128 cm³/mol. The van der Waals surface area contributed by atoms with E-state index in [1.165, 1.54) is 11.2 Å². The van der Waals surface area contributed by atoms with Crippen molar-refractivity contribution in [2.75, 3.05) is 19.8 Å². The molecular weight excluding hydrogens is 474 g/mol. The SMILES string of the molecule is Cc1c(Oc2ccc(C3COS(=O)OC3)cc2)ncnc1O[C@H]1CCN(C(=O)O)[C@@H](CC(C)C)C1. The maximum Gasteiger partial charge on any atom is 0.407 e. The van der Waals surface area contributed by atoms with Crippen molar-refractivity contribution in [2.24, 2.45) is 5.92 Å². The van der Waals surface area contributed by atoms with E-state index in [9.17, 15) is 14.1 Å². The van der Waals surface area contributed by atoms with Crippen LogP contribution in [0.2, 0.25) is 0 Å². The lowest BCUT2D eigenvalue weighted by molar-refractivity contribution is 0.0450. The first kappa shape index (κ1) is 25.3. The summed E-state index contributed by atoms with van der Waals surface area (Å²) in [5.74, 6) is 1.83. The summed E-state index contributed by atoms with van der Waals surface area (Å²) in [4.78, 5) is 21.7. The van der Waals surface area contributed by atoms with Crippen LogP contribution in [0.3, 0.4) is 0 Å². The summed E-state index contributed by atoms with van der Waals surface area (Å²) >= 11 is -1.66. The van der Waals surface area contributed by atoms with Crippen LogP contribution in [0.25, 0.3) is 0 Å². The van der Waals surface area contributed by atoms with Crippen LogP contribution >= 0.6 is 0 Å². The van der Waals surface area contributed by atoms with Crippen molar-refractivity contribution in [1.82, 2.24) is 14.9 Å². The molecule has 2 aliphatic heterocycles. The number of rotatable bonds is 7. The van der Waals surface area contributed by atoms with Crippen LogP contribution in [0.15, 0.2) is 30.6 Å². The van der Waals surface area contributed by atoms with Gasteiger partial charge in [-0.3, -0.25) is 8.37 Å². The Morgan fingerprint density at radius 3 is 2.54 bits per heavy atom. The minimum Gasteiger partial charge on any atom is -0.474 e. The van der Waals surface area contributed by atoms with Crippen LogP contribution < -0.4 is 9.47 Å². The van der Waals surface area contributed by atoms with Crippen molar-refractivity contribution in [3.8, 4) is 17.5 Å². The molecule has 190 valence electrons. The third kappa shape index (κ3) is 6.47. The van der Waals surface area contributed by atoms with Gasteiger partial charge < -0.3 is 19.5 Å². The van der Waals surface area contributed by atoms with Crippen molar-refractivity contribution in [2.45, 2.75) is 58.1 Å². The minimum atomic E-state index is -1.66. The smallest absolute Gasteiger partial charge is 0.407 e. The number of carbonyl (C=O) groups is 1. The topological polar surface area (TPSA) is 120 Å². The van der Waals surface area contributed by atoms with Gasteiger partial charge in [0.2, 0.25) is 11.8 Å². The first-order valence-corrected chi connectivity index (χ1v) is 12.7. The third-order valence-electron chi connectivity index (χ3n) is 6.22. The molecule has 2 atom stereocenters. The molecule has 4 rings (SSSR count). The van der Waals surface area contributed by atoms with Crippen LogP contribution in [0.4, 0.5) is 4.79 Å². The zero-order chi connectivity index (χ0) is 24.9. The van der Waals surface area contributed by atoms with Crippen LogP contribution in [0, 0.1) is 12.8 Å². The lowest BCUT2D eigenvalue weighted by Crippen LogP contribution is -2.48. The zero-order valence-corrected chi connectivity index (χ0v) is 20.9. The first-order valence-electron chi connectivity index (χ1n) is 11.7. The number of ether oxygens (including phenoxy) is 2. The summed E-state index contributed by atoms with van der Waals surface area (Å²) in [6.45, 7) is 7.13. The standard InChI is InChI=1S/C24H31N3O7S/c1-15(2)10-19-11-21(8-9-27(19)24(28)29)34-23-16(3)22(25-14-26-23)33-20-6-4-17(5-7-20)18-12-31-35(30)32-13-18/h4-7,14-15,18-19,21H,8-13H2,1-3H3,(H,28,29)/t18?,19-,21-,35?/m0/s1. The molecule has 1 amide bonds. The Bertz CT molecular complexity index is 1040. The second-order valence-electron chi connectivity index (χ2n) is 9.27. The highest BCUT2D eigenvalue weighted by molar-refractivity contribution is 7.75. The third-order valence-corrected chi connectivity index (χ3v) is 6.88. The fraction of sp³-hybridized carbons (Fsp3) is 0.542. The molecule has 3 heterocycles. The molecule has 0 radical (unpaired) electrons. The van der Waals surface area contributed by atoms with Crippen molar-refractivity contribution in [1.29, 1.82) is 0 Å². The summed E-state index contributed by atoms with van der Waals surface area (Å²) in [5.41, 5.74) is 1.68. The highest BCUT2D eigenvalue weighted by Crippen LogP contribution is 2.32. The largest absolute Gasteiger partial charge is 0.474 e. The van der Waals surface area contributed by atoms with Crippen LogP contribution in [0.5, 0.6) is 17.5 Å². The van der Waals surface area contributed by atoms with Gasteiger partial charge >= 0.3 is 17.5 Å². The van der Waals surface area contributed by atoms with E-state index in [4.69, 9.17) is 17.8 Å². The number of hydrogen-bond acceptors (Lipinski definition) is 8.